The van der Waals surface area contributed by atoms with Crippen LogP contribution in [0, 0.1) is 0 Å². The lowest BCUT2D eigenvalue weighted by Crippen LogP contribution is -2.31. The smallest absolute Gasteiger partial charge is 0.0716 e. The minimum absolute atomic E-state index is 0.00602. The average Bonchev–Trinajstić information content (AvgIpc) is 2.66. The van der Waals surface area contributed by atoms with E-state index in [1.807, 2.05) is 12.1 Å². The Morgan fingerprint density at radius 1 is 1.22 bits per heavy atom. The van der Waals surface area contributed by atoms with Crippen molar-refractivity contribution < 1.29 is 5.11 Å². The van der Waals surface area contributed by atoms with Gasteiger partial charge in [-0.3, -0.25) is 0 Å². The van der Waals surface area contributed by atoms with Crippen LogP contribution in [0.5, 0.6) is 0 Å². The molecule has 0 aromatic heterocycles. The summed E-state index contributed by atoms with van der Waals surface area (Å²) in [5, 5.41) is 10.2. The molecule has 1 aromatic rings. The SMILES string of the molecule is CN(c1cccc(Cl)c1CO)C1CCCCCC1. The molecule has 0 saturated heterocycles. The second-order valence-corrected chi connectivity index (χ2v) is 5.56. The normalized spacial score (nSPS) is 17.5. The molecular formula is C15H22ClNO. The van der Waals surface area contributed by atoms with Crippen LogP contribution in [0.1, 0.15) is 44.1 Å². The van der Waals surface area contributed by atoms with E-state index in [0.717, 1.165) is 11.3 Å². The number of hydrogen-bond acceptors (Lipinski definition) is 2. The lowest BCUT2D eigenvalue weighted by molar-refractivity contribution is 0.282. The van der Waals surface area contributed by atoms with Crippen molar-refractivity contribution in [3.05, 3.63) is 28.8 Å². The van der Waals surface area contributed by atoms with Crippen molar-refractivity contribution in [2.24, 2.45) is 0 Å². The Bertz CT molecular complexity index is 386. The van der Waals surface area contributed by atoms with Crippen LogP contribution in [-0.2, 0) is 6.61 Å². The molecule has 2 nitrogen and oxygen atoms in total. The molecule has 1 aromatic carbocycles. The molecule has 2 rings (SSSR count). The minimum atomic E-state index is 0.00602. The fraction of sp³-hybridized carbons (Fsp3) is 0.600. The second-order valence-electron chi connectivity index (χ2n) is 5.15. The van der Waals surface area contributed by atoms with Gasteiger partial charge in [0.05, 0.1) is 6.61 Å². The van der Waals surface area contributed by atoms with Gasteiger partial charge in [-0.25, -0.2) is 0 Å². The highest BCUT2D eigenvalue weighted by molar-refractivity contribution is 6.31. The third kappa shape index (κ3) is 2.99. The summed E-state index contributed by atoms with van der Waals surface area (Å²) in [5.74, 6) is 0. The lowest BCUT2D eigenvalue weighted by atomic mass is 10.1. The third-order valence-electron chi connectivity index (χ3n) is 4.00. The molecule has 0 unspecified atom stereocenters. The molecule has 1 aliphatic carbocycles. The summed E-state index contributed by atoms with van der Waals surface area (Å²) >= 11 is 6.16. The summed E-state index contributed by atoms with van der Waals surface area (Å²) < 4.78 is 0. The maximum absolute atomic E-state index is 9.49. The molecule has 0 bridgehead atoms. The molecule has 0 heterocycles. The number of benzene rings is 1. The molecule has 0 amide bonds. The predicted octanol–water partition coefficient (Wildman–Crippen LogP) is 3.99. The van der Waals surface area contributed by atoms with Gasteiger partial charge in [-0.05, 0) is 25.0 Å². The highest BCUT2D eigenvalue weighted by Gasteiger charge is 2.19. The van der Waals surface area contributed by atoms with Crippen molar-refractivity contribution >= 4 is 17.3 Å². The van der Waals surface area contributed by atoms with E-state index in [2.05, 4.69) is 18.0 Å². The largest absolute Gasteiger partial charge is 0.392 e. The van der Waals surface area contributed by atoms with Gasteiger partial charge in [-0.1, -0.05) is 43.4 Å². The number of aliphatic hydroxyl groups is 1. The zero-order chi connectivity index (χ0) is 13.0. The van der Waals surface area contributed by atoms with E-state index in [9.17, 15) is 5.11 Å². The van der Waals surface area contributed by atoms with Crippen LogP contribution in [0.3, 0.4) is 0 Å². The van der Waals surface area contributed by atoms with E-state index < -0.39 is 0 Å². The van der Waals surface area contributed by atoms with Crippen LogP contribution in [0.25, 0.3) is 0 Å². The zero-order valence-electron chi connectivity index (χ0n) is 11.0. The molecule has 1 N–H and O–H groups in total. The molecule has 1 aliphatic rings. The first-order chi connectivity index (χ1) is 8.74. The molecule has 18 heavy (non-hydrogen) atoms. The molecule has 3 heteroatoms. The Balaban J connectivity index is 2.21. The number of hydrogen-bond donors (Lipinski definition) is 1. The summed E-state index contributed by atoms with van der Waals surface area (Å²) in [6.07, 6.45) is 7.81. The van der Waals surface area contributed by atoms with Crippen molar-refractivity contribution in [3.63, 3.8) is 0 Å². The number of halogens is 1. The number of anilines is 1. The van der Waals surface area contributed by atoms with E-state index in [-0.39, 0.29) is 6.61 Å². The molecule has 0 atom stereocenters. The van der Waals surface area contributed by atoms with Gasteiger partial charge in [0, 0.05) is 29.4 Å². The van der Waals surface area contributed by atoms with Gasteiger partial charge in [0.25, 0.3) is 0 Å². The highest BCUT2D eigenvalue weighted by Crippen LogP contribution is 2.31. The first-order valence-corrected chi connectivity index (χ1v) is 7.23. The van der Waals surface area contributed by atoms with Crippen LogP contribution >= 0.6 is 11.6 Å². The maximum atomic E-state index is 9.49. The highest BCUT2D eigenvalue weighted by atomic mass is 35.5. The summed E-state index contributed by atoms with van der Waals surface area (Å²) in [5.41, 5.74) is 1.93. The van der Waals surface area contributed by atoms with Crippen molar-refractivity contribution in [1.82, 2.24) is 0 Å². The third-order valence-corrected chi connectivity index (χ3v) is 4.36. The van der Waals surface area contributed by atoms with E-state index >= 15 is 0 Å². The molecule has 0 spiro atoms. The van der Waals surface area contributed by atoms with Crippen molar-refractivity contribution in [2.45, 2.75) is 51.2 Å². The van der Waals surface area contributed by atoms with Crippen molar-refractivity contribution in [1.29, 1.82) is 0 Å². The number of aliphatic hydroxyl groups excluding tert-OH is 1. The van der Waals surface area contributed by atoms with Crippen LogP contribution in [0.15, 0.2) is 18.2 Å². The van der Waals surface area contributed by atoms with E-state index in [1.54, 1.807) is 0 Å². The van der Waals surface area contributed by atoms with Gasteiger partial charge >= 0.3 is 0 Å². The van der Waals surface area contributed by atoms with Crippen LogP contribution < -0.4 is 4.90 Å². The first-order valence-electron chi connectivity index (χ1n) is 6.85. The van der Waals surface area contributed by atoms with Gasteiger partial charge in [0.1, 0.15) is 0 Å². The Morgan fingerprint density at radius 3 is 2.50 bits per heavy atom. The van der Waals surface area contributed by atoms with Gasteiger partial charge in [-0.2, -0.15) is 0 Å². The fourth-order valence-electron chi connectivity index (χ4n) is 2.88. The van der Waals surface area contributed by atoms with Gasteiger partial charge in [-0.15, -0.1) is 0 Å². The summed E-state index contributed by atoms with van der Waals surface area (Å²) in [7, 11) is 2.13. The Hall–Kier alpha value is -0.730. The Morgan fingerprint density at radius 2 is 1.89 bits per heavy atom. The molecule has 100 valence electrons. The number of rotatable bonds is 3. The number of nitrogens with zero attached hydrogens (tertiary/aromatic N) is 1. The molecule has 1 fully saturated rings. The fourth-order valence-corrected chi connectivity index (χ4v) is 3.11. The molecular weight excluding hydrogens is 246 g/mol. The van der Waals surface area contributed by atoms with E-state index in [0.29, 0.717) is 11.1 Å². The Kier molecular flexibility index (Phi) is 4.90. The molecule has 1 saturated carbocycles. The standard InChI is InChI=1S/C15H22ClNO/c1-17(12-7-4-2-3-5-8-12)15-10-6-9-14(16)13(15)11-18/h6,9-10,12,18H,2-5,7-8,11H2,1H3. The second kappa shape index (κ2) is 6.44. The quantitative estimate of drug-likeness (QED) is 0.837. The van der Waals surface area contributed by atoms with Gasteiger partial charge < -0.3 is 10.0 Å². The van der Waals surface area contributed by atoms with E-state index in [1.165, 1.54) is 38.5 Å². The predicted molar refractivity (Wildman–Crippen MR) is 77.3 cm³/mol. The lowest BCUT2D eigenvalue weighted by Gasteiger charge is -2.31. The van der Waals surface area contributed by atoms with Crippen LogP contribution in [0.2, 0.25) is 5.02 Å². The topological polar surface area (TPSA) is 23.5 Å². The van der Waals surface area contributed by atoms with Crippen molar-refractivity contribution in [2.75, 3.05) is 11.9 Å². The Labute approximate surface area is 115 Å². The summed E-state index contributed by atoms with van der Waals surface area (Å²) in [6.45, 7) is 0.00602. The molecule has 0 radical (unpaired) electrons. The van der Waals surface area contributed by atoms with Crippen molar-refractivity contribution in [3.8, 4) is 0 Å². The average molecular weight is 268 g/mol. The van der Waals surface area contributed by atoms with E-state index in [4.69, 9.17) is 11.6 Å². The summed E-state index contributed by atoms with van der Waals surface area (Å²) in [6, 6.07) is 6.44. The van der Waals surface area contributed by atoms with Gasteiger partial charge in [0.2, 0.25) is 0 Å². The van der Waals surface area contributed by atoms with Crippen LogP contribution in [0.4, 0.5) is 5.69 Å². The molecule has 0 aliphatic heterocycles. The zero-order valence-corrected chi connectivity index (χ0v) is 11.8. The van der Waals surface area contributed by atoms with Gasteiger partial charge in [0.15, 0.2) is 0 Å². The maximum Gasteiger partial charge on any atom is 0.0716 e. The minimum Gasteiger partial charge on any atom is -0.392 e. The van der Waals surface area contributed by atoms with Crippen LogP contribution in [-0.4, -0.2) is 18.2 Å². The first kappa shape index (κ1) is 13.7. The summed E-state index contributed by atoms with van der Waals surface area (Å²) in [4.78, 5) is 2.31. The monoisotopic (exact) mass is 267 g/mol.